The maximum Gasteiger partial charge on any atom is 0.242 e. The van der Waals surface area contributed by atoms with Gasteiger partial charge >= 0.3 is 0 Å². The van der Waals surface area contributed by atoms with Gasteiger partial charge in [0.05, 0.1) is 26.1 Å². The first-order valence-corrected chi connectivity index (χ1v) is 5.44. The van der Waals surface area contributed by atoms with Gasteiger partial charge in [-0.25, -0.2) is 0 Å². The smallest absolute Gasteiger partial charge is 0.242 e. The number of hydrogen-bond donors (Lipinski definition) is 0. The van der Waals surface area contributed by atoms with Crippen LogP contribution in [0, 0.1) is 4.91 Å². The van der Waals surface area contributed by atoms with Crippen LogP contribution in [0.5, 0.6) is 11.5 Å². The Hall–Kier alpha value is -2.11. The van der Waals surface area contributed by atoms with Crippen molar-refractivity contribution >= 4 is 5.91 Å². The second kappa shape index (κ2) is 6.58. The first kappa shape index (κ1) is 14.0. The zero-order chi connectivity index (χ0) is 13.5. The Kier molecular flexibility index (Phi) is 5.10. The molecule has 0 radical (unpaired) electrons. The molecule has 0 heterocycles. The third-order valence-electron chi connectivity index (χ3n) is 2.52. The van der Waals surface area contributed by atoms with Gasteiger partial charge in [-0.2, -0.15) is 5.01 Å². The van der Waals surface area contributed by atoms with Crippen LogP contribution in [0.15, 0.2) is 23.5 Å². The van der Waals surface area contributed by atoms with Crippen LogP contribution >= 0.6 is 0 Å². The summed E-state index contributed by atoms with van der Waals surface area (Å²) in [6, 6.07) is 5.44. The van der Waals surface area contributed by atoms with Gasteiger partial charge in [-0.3, -0.25) is 4.79 Å². The van der Waals surface area contributed by atoms with Crippen molar-refractivity contribution in [2.75, 3.05) is 20.8 Å². The number of nitrogens with zero attached hydrogens (tertiary/aromatic N) is 2. The molecule has 1 amide bonds. The molecule has 0 aliphatic carbocycles. The number of amides is 1. The highest BCUT2D eigenvalue weighted by Crippen LogP contribution is 2.27. The molecular weight excluding hydrogens is 236 g/mol. The number of ether oxygens (including phenoxy) is 2. The molecule has 6 heteroatoms. The zero-order valence-corrected chi connectivity index (χ0v) is 10.7. The van der Waals surface area contributed by atoms with E-state index in [2.05, 4.69) is 5.29 Å². The van der Waals surface area contributed by atoms with Crippen LogP contribution in [0.2, 0.25) is 0 Å². The molecule has 0 aliphatic heterocycles. The summed E-state index contributed by atoms with van der Waals surface area (Å²) < 4.78 is 10.3. The van der Waals surface area contributed by atoms with E-state index >= 15 is 0 Å². The van der Waals surface area contributed by atoms with E-state index in [0.717, 1.165) is 10.6 Å². The molecule has 0 aliphatic rings. The molecule has 0 aromatic heterocycles. The van der Waals surface area contributed by atoms with Crippen molar-refractivity contribution in [1.82, 2.24) is 5.01 Å². The van der Waals surface area contributed by atoms with E-state index in [1.807, 2.05) is 12.1 Å². The van der Waals surface area contributed by atoms with Gasteiger partial charge in [-0.1, -0.05) is 6.07 Å². The van der Waals surface area contributed by atoms with Gasteiger partial charge in [0.2, 0.25) is 5.91 Å². The van der Waals surface area contributed by atoms with E-state index in [1.165, 1.54) is 6.92 Å². The molecule has 0 fully saturated rings. The van der Waals surface area contributed by atoms with E-state index in [4.69, 9.17) is 9.47 Å². The van der Waals surface area contributed by atoms with Crippen LogP contribution < -0.4 is 9.47 Å². The topological polar surface area (TPSA) is 68.2 Å². The minimum atomic E-state index is -0.370. The monoisotopic (exact) mass is 252 g/mol. The van der Waals surface area contributed by atoms with Gasteiger partial charge in [-0.05, 0) is 24.1 Å². The van der Waals surface area contributed by atoms with E-state index in [1.54, 1.807) is 20.3 Å². The molecule has 0 N–H and O–H groups in total. The highest BCUT2D eigenvalue weighted by atomic mass is 16.5. The number of methoxy groups -OCH3 is 2. The van der Waals surface area contributed by atoms with Gasteiger partial charge in [0, 0.05) is 6.92 Å². The second-order valence-electron chi connectivity index (χ2n) is 3.66. The van der Waals surface area contributed by atoms with Gasteiger partial charge in [0.25, 0.3) is 0 Å². The fourth-order valence-corrected chi connectivity index (χ4v) is 1.53. The van der Waals surface area contributed by atoms with Gasteiger partial charge < -0.3 is 9.47 Å². The lowest BCUT2D eigenvalue weighted by molar-refractivity contribution is -0.128. The number of hydrogen-bond acceptors (Lipinski definition) is 5. The summed E-state index contributed by atoms with van der Waals surface area (Å²) in [5, 5.41) is 3.54. The van der Waals surface area contributed by atoms with Crippen LogP contribution in [0.25, 0.3) is 0 Å². The maximum absolute atomic E-state index is 11.0. The molecule has 0 atom stereocenters. The third-order valence-corrected chi connectivity index (χ3v) is 2.52. The van der Waals surface area contributed by atoms with Crippen molar-refractivity contribution in [3.05, 3.63) is 28.7 Å². The van der Waals surface area contributed by atoms with Crippen LogP contribution in [0.3, 0.4) is 0 Å². The highest BCUT2D eigenvalue weighted by Gasteiger charge is 2.10. The third kappa shape index (κ3) is 3.44. The van der Waals surface area contributed by atoms with Crippen molar-refractivity contribution in [1.29, 1.82) is 0 Å². The Labute approximate surface area is 105 Å². The van der Waals surface area contributed by atoms with Crippen molar-refractivity contribution in [2.45, 2.75) is 13.3 Å². The van der Waals surface area contributed by atoms with Crippen LogP contribution in [0.1, 0.15) is 12.5 Å². The summed E-state index contributed by atoms with van der Waals surface area (Å²) in [5.41, 5.74) is 0.933. The molecule has 0 spiro atoms. The van der Waals surface area contributed by atoms with Crippen molar-refractivity contribution in [2.24, 2.45) is 5.29 Å². The van der Waals surface area contributed by atoms with Crippen LogP contribution in [-0.2, 0) is 11.2 Å². The molecular formula is C12H16N2O4. The number of rotatable bonds is 6. The molecule has 0 saturated heterocycles. The molecule has 0 bridgehead atoms. The first-order chi connectivity index (χ1) is 8.62. The predicted octanol–water partition coefficient (Wildman–Crippen LogP) is 1.78. The van der Waals surface area contributed by atoms with E-state index in [0.29, 0.717) is 17.9 Å². The molecule has 6 nitrogen and oxygen atoms in total. The lowest BCUT2D eigenvalue weighted by Crippen LogP contribution is -2.24. The Morgan fingerprint density at radius 3 is 2.44 bits per heavy atom. The average Bonchev–Trinajstić information content (AvgIpc) is 2.38. The zero-order valence-electron chi connectivity index (χ0n) is 10.7. The minimum Gasteiger partial charge on any atom is -0.493 e. The standard InChI is InChI=1S/C12H16N2O4/c1-9(15)14(13-16)7-6-10-4-5-11(17-2)12(8-10)18-3/h4-5,8H,6-7H2,1-3H3. The predicted molar refractivity (Wildman–Crippen MR) is 66.4 cm³/mol. The summed E-state index contributed by atoms with van der Waals surface area (Å²) >= 11 is 0. The van der Waals surface area contributed by atoms with Crippen molar-refractivity contribution in [3.8, 4) is 11.5 Å². The van der Waals surface area contributed by atoms with E-state index in [9.17, 15) is 9.70 Å². The quantitative estimate of drug-likeness (QED) is 0.571. The van der Waals surface area contributed by atoms with Gasteiger partial charge in [-0.15, -0.1) is 4.91 Å². The summed E-state index contributed by atoms with van der Waals surface area (Å²) in [6.45, 7) is 1.55. The highest BCUT2D eigenvalue weighted by molar-refractivity contribution is 5.72. The number of nitroso groups, excluding NO2 is 1. The number of carbonyl (C=O) groups is 1. The van der Waals surface area contributed by atoms with Crippen LogP contribution in [0.4, 0.5) is 0 Å². The fourth-order valence-electron chi connectivity index (χ4n) is 1.53. The molecule has 0 unspecified atom stereocenters. The molecule has 18 heavy (non-hydrogen) atoms. The molecule has 0 saturated carbocycles. The Balaban J connectivity index is 2.73. The second-order valence-corrected chi connectivity index (χ2v) is 3.66. The molecule has 98 valence electrons. The maximum atomic E-state index is 11.0. The molecule has 1 aromatic rings. The number of benzene rings is 1. The first-order valence-electron chi connectivity index (χ1n) is 5.44. The summed E-state index contributed by atoms with van der Waals surface area (Å²) in [5.74, 6) is 0.882. The SMILES string of the molecule is COc1ccc(CCN(N=O)C(C)=O)cc1OC. The normalized spacial score (nSPS) is 9.72. The van der Waals surface area contributed by atoms with Crippen LogP contribution in [-0.4, -0.2) is 31.7 Å². The van der Waals surface area contributed by atoms with E-state index in [-0.39, 0.29) is 12.5 Å². The van der Waals surface area contributed by atoms with Crippen molar-refractivity contribution < 1.29 is 14.3 Å². The van der Waals surface area contributed by atoms with E-state index < -0.39 is 0 Å². The summed E-state index contributed by atoms with van der Waals surface area (Å²) in [7, 11) is 3.11. The van der Waals surface area contributed by atoms with Crippen molar-refractivity contribution in [3.63, 3.8) is 0 Å². The average molecular weight is 252 g/mol. The Morgan fingerprint density at radius 1 is 1.28 bits per heavy atom. The fraction of sp³-hybridized carbons (Fsp3) is 0.417. The van der Waals surface area contributed by atoms with Gasteiger partial charge in [0.15, 0.2) is 11.5 Å². The lowest BCUT2D eigenvalue weighted by atomic mass is 10.1. The van der Waals surface area contributed by atoms with Gasteiger partial charge in [0.1, 0.15) is 0 Å². The largest absolute Gasteiger partial charge is 0.493 e. The number of carbonyl (C=O) groups excluding carboxylic acids is 1. The molecule has 1 aromatic carbocycles. The lowest BCUT2D eigenvalue weighted by Gasteiger charge is -2.12. The molecule has 1 rings (SSSR count). The summed E-state index contributed by atoms with van der Waals surface area (Å²) in [4.78, 5) is 21.4. The minimum absolute atomic E-state index is 0.244. The summed E-state index contributed by atoms with van der Waals surface area (Å²) in [6.07, 6.45) is 0.520. The Bertz CT molecular complexity index is 434. The Morgan fingerprint density at radius 2 is 1.94 bits per heavy atom.